The van der Waals surface area contributed by atoms with Gasteiger partial charge >= 0.3 is 12.1 Å². The number of alkyl carbamates (subject to hydrolysis) is 1. The fraction of sp³-hybridized carbons (Fsp3) is 0.500. The van der Waals surface area contributed by atoms with E-state index in [1.165, 1.54) is 12.5 Å². The van der Waals surface area contributed by atoms with Crippen LogP contribution in [0.3, 0.4) is 0 Å². The average Bonchev–Trinajstić information content (AvgIpc) is 2.26. The zero-order chi connectivity index (χ0) is 14.5. The second kappa shape index (κ2) is 6.12. The predicted octanol–water partition coefficient (Wildman–Crippen LogP) is 1.52. The molecule has 0 radical (unpaired) electrons. The molecule has 0 unspecified atom stereocenters. The van der Waals surface area contributed by atoms with Crippen LogP contribution in [-0.4, -0.2) is 32.7 Å². The zero-order valence-electron chi connectivity index (χ0n) is 11.1. The van der Waals surface area contributed by atoms with Gasteiger partial charge in [-0.25, -0.2) is 14.8 Å². The molecule has 0 aromatic carbocycles. The summed E-state index contributed by atoms with van der Waals surface area (Å²) in [7, 11) is 0. The van der Waals surface area contributed by atoms with Crippen LogP contribution in [0.15, 0.2) is 18.6 Å². The van der Waals surface area contributed by atoms with E-state index in [0.29, 0.717) is 5.69 Å². The number of nitrogens with one attached hydrogen (secondary N) is 1. The molecule has 19 heavy (non-hydrogen) atoms. The maximum Gasteiger partial charge on any atom is 0.408 e. The number of rotatable bonds is 4. The van der Waals surface area contributed by atoms with E-state index in [2.05, 4.69) is 15.3 Å². The second-order valence-corrected chi connectivity index (χ2v) is 4.93. The van der Waals surface area contributed by atoms with Gasteiger partial charge in [0.15, 0.2) is 0 Å². The van der Waals surface area contributed by atoms with Gasteiger partial charge in [0.1, 0.15) is 11.9 Å². The van der Waals surface area contributed by atoms with E-state index in [-0.39, 0.29) is 6.42 Å². The summed E-state index contributed by atoms with van der Waals surface area (Å²) in [4.78, 5) is 30.1. The first kappa shape index (κ1) is 14.9. The number of carbonyl (C=O) groups excluding carboxylic acids is 1. The van der Waals surface area contributed by atoms with E-state index in [0.717, 1.165) is 0 Å². The molecule has 7 heteroatoms. The number of aliphatic carboxylic acids is 1. The van der Waals surface area contributed by atoms with Crippen LogP contribution in [0.2, 0.25) is 0 Å². The minimum atomic E-state index is -1.04. The molecule has 1 aromatic heterocycles. The van der Waals surface area contributed by atoms with Crippen LogP contribution in [0.25, 0.3) is 0 Å². The number of hydrogen-bond acceptors (Lipinski definition) is 5. The van der Waals surface area contributed by atoms with E-state index in [1.807, 2.05) is 0 Å². The maximum atomic E-state index is 11.7. The molecule has 1 heterocycles. The smallest absolute Gasteiger partial charge is 0.408 e. The van der Waals surface area contributed by atoms with Crippen molar-refractivity contribution in [2.24, 2.45) is 0 Å². The number of carboxylic acids is 1. The number of aromatic nitrogens is 2. The first-order valence-electron chi connectivity index (χ1n) is 5.75. The van der Waals surface area contributed by atoms with Crippen molar-refractivity contribution in [2.75, 3.05) is 0 Å². The summed E-state index contributed by atoms with van der Waals surface area (Å²) in [6, 6.07) is 0.792. The summed E-state index contributed by atoms with van der Waals surface area (Å²) in [5.41, 5.74) is -0.230. The summed E-state index contributed by atoms with van der Waals surface area (Å²) in [5, 5.41) is 11.3. The number of carbonyl (C=O) groups is 2. The molecular weight excluding hydrogens is 250 g/mol. The van der Waals surface area contributed by atoms with Gasteiger partial charge < -0.3 is 15.2 Å². The lowest BCUT2D eigenvalue weighted by atomic mass is 10.1. The SMILES string of the molecule is CC(C)(C)OC(=O)N[C@H](CC(=O)O)c1ccncn1. The van der Waals surface area contributed by atoms with Crippen molar-refractivity contribution in [1.82, 2.24) is 15.3 Å². The lowest BCUT2D eigenvalue weighted by Crippen LogP contribution is -2.36. The van der Waals surface area contributed by atoms with Crippen LogP contribution >= 0.6 is 0 Å². The van der Waals surface area contributed by atoms with Crippen LogP contribution in [0.4, 0.5) is 4.79 Å². The summed E-state index contributed by atoms with van der Waals surface area (Å²) in [5.74, 6) is -1.04. The fourth-order valence-electron chi connectivity index (χ4n) is 1.36. The van der Waals surface area contributed by atoms with Gasteiger partial charge in [-0.05, 0) is 26.8 Å². The van der Waals surface area contributed by atoms with Crippen molar-refractivity contribution in [1.29, 1.82) is 0 Å². The van der Waals surface area contributed by atoms with Gasteiger partial charge in [-0.3, -0.25) is 4.79 Å². The third kappa shape index (κ3) is 5.80. The third-order valence-electron chi connectivity index (χ3n) is 2.03. The Balaban J connectivity index is 2.76. The summed E-state index contributed by atoms with van der Waals surface area (Å²) in [6.45, 7) is 5.18. The van der Waals surface area contributed by atoms with Crippen molar-refractivity contribution in [3.05, 3.63) is 24.3 Å². The second-order valence-electron chi connectivity index (χ2n) is 4.93. The van der Waals surface area contributed by atoms with Gasteiger partial charge in [-0.1, -0.05) is 0 Å². The molecule has 1 rings (SSSR count). The topological polar surface area (TPSA) is 101 Å². The molecule has 0 aliphatic carbocycles. The van der Waals surface area contributed by atoms with Gasteiger partial charge in [0, 0.05) is 6.20 Å². The first-order valence-corrected chi connectivity index (χ1v) is 5.75. The van der Waals surface area contributed by atoms with Gasteiger partial charge in [0.2, 0.25) is 0 Å². The Labute approximate surface area is 111 Å². The molecule has 7 nitrogen and oxygen atoms in total. The van der Waals surface area contributed by atoms with Crippen molar-refractivity contribution in [3.8, 4) is 0 Å². The van der Waals surface area contributed by atoms with E-state index in [9.17, 15) is 9.59 Å². The van der Waals surface area contributed by atoms with E-state index < -0.39 is 23.7 Å². The van der Waals surface area contributed by atoms with Gasteiger partial charge in [0.05, 0.1) is 18.2 Å². The molecule has 1 amide bonds. The molecule has 2 N–H and O–H groups in total. The number of ether oxygens (including phenoxy) is 1. The van der Waals surface area contributed by atoms with Gasteiger partial charge in [-0.2, -0.15) is 0 Å². The Morgan fingerprint density at radius 1 is 1.47 bits per heavy atom. The van der Waals surface area contributed by atoms with Crippen molar-refractivity contribution < 1.29 is 19.4 Å². The van der Waals surface area contributed by atoms with Crippen LogP contribution in [0.1, 0.15) is 38.9 Å². The molecule has 0 fully saturated rings. The normalized spacial score (nSPS) is 12.6. The lowest BCUT2D eigenvalue weighted by molar-refractivity contribution is -0.137. The Bertz CT molecular complexity index is 442. The molecule has 1 aromatic rings. The summed E-state index contributed by atoms with van der Waals surface area (Å²) < 4.78 is 5.08. The van der Waals surface area contributed by atoms with Crippen LogP contribution < -0.4 is 5.32 Å². The quantitative estimate of drug-likeness (QED) is 0.857. The largest absolute Gasteiger partial charge is 0.481 e. The molecular formula is C12H17N3O4. The molecule has 104 valence electrons. The number of carboxylic acid groups (broad SMARTS) is 1. The highest BCUT2D eigenvalue weighted by atomic mass is 16.6. The standard InChI is InChI=1S/C12H17N3O4/c1-12(2,3)19-11(18)15-9(6-10(16)17)8-4-5-13-7-14-8/h4-5,7,9H,6H2,1-3H3,(H,15,18)(H,16,17)/t9-/m1/s1. The number of nitrogens with zero attached hydrogens (tertiary/aromatic N) is 2. The minimum absolute atomic E-state index is 0.281. The monoisotopic (exact) mass is 267 g/mol. The Hall–Kier alpha value is -2.18. The highest BCUT2D eigenvalue weighted by molar-refractivity contribution is 5.71. The highest BCUT2D eigenvalue weighted by Gasteiger charge is 2.23. The fourth-order valence-corrected chi connectivity index (χ4v) is 1.36. The lowest BCUT2D eigenvalue weighted by Gasteiger charge is -2.22. The predicted molar refractivity (Wildman–Crippen MR) is 66.4 cm³/mol. The van der Waals surface area contributed by atoms with E-state index in [1.54, 1.807) is 26.8 Å². The van der Waals surface area contributed by atoms with E-state index >= 15 is 0 Å². The van der Waals surface area contributed by atoms with Crippen LogP contribution in [-0.2, 0) is 9.53 Å². The summed E-state index contributed by atoms with van der Waals surface area (Å²) >= 11 is 0. The Morgan fingerprint density at radius 2 is 2.16 bits per heavy atom. The number of hydrogen-bond donors (Lipinski definition) is 2. The van der Waals surface area contributed by atoms with Crippen LogP contribution in [0.5, 0.6) is 0 Å². The molecule has 1 atom stereocenters. The van der Waals surface area contributed by atoms with Crippen LogP contribution in [0, 0.1) is 0 Å². The van der Waals surface area contributed by atoms with Gasteiger partial charge in [-0.15, -0.1) is 0 Å². The van der Waals surface area contributed by atoms with Crippen molar-refractivity contribution in [2.45, 2.75) is 38.8 Å². The summed E-state index contributed by atoms with van der Waals surface area (Å²) in [6.07, 6.45) is 1.81. The molecule has 0 saturated carbocycles. The molecule has 0 spiro atoms. The molecule has 0 aliphatic rings. The molecule has 0 saturated heterocycles. The number of amides is 1. The Morgan fingerprint density at radius 3 is 2.63 bits per heavy atom. The first-order chi connectivity index (χ1) is 8.78. The maximum absolute atomic E-state index is 11.7. The molecule has 0 bridgehead atoms. The third-order valence-corrected chi connectivity index (χ3v) is 2.03. The minimum Gasteiger partial charge on any atom is -0.481 e. The highest BCUT2D eigenvalue weighted by Crippen LogP contribution is 2.15. The van der Waals surface area contributed by atoms with E-state index in [4.69, 9.17) is 9.84 Å². The average molecular weight is 267 g/mol. The Kier molecular flexibility index (Phi) is 4.80. The van der Waals surface area contributed by atoms with Crippen molar-refractivity contribution >= 4 is 12.1 Å². The zero-order valence-corrected chi connectivity index (χ0v) is 11.1. The molecule has 0 aliphatic heterocycles. The van der Waals surface area contributed by atoms with Gasteiger partial charge in [0.25, 0.3) is 0 Å². The van der Waals surface area contributed by atoms with Crippen molar-refractivity contribution in [3.63, 3.8) is 0 Å².